The lowest BCUT2D eigenvalue weighted by atomic mass is 9.97. The third kappa shape index (κ3) is 3.62. The van der Waals surface area contributed by atoms with Crippen molar-refractivity contribution in [1.82, 2.24) is 9.47 Å². The van der Waals surface area contributed by atoms with Crippen molar-refractivity contribution >= 4 is 11.8 Å². The first kappa shape index (κ1) is 15.3. The zero-order valence-corrected chi connectivity index (χ0v) is 13.0. The van der Waals surface area contributed by atoms with Crippen LogP contribution in [0.4, 0.5) is 0 Å². The molecular weight excluding hydrogens is 290 g/mol. The van der Waals surface area contributed by atoms with E-state index in [1.807, 2.05) is 53.4 Å². The molecule has 0 radical (unpaired) electrons. The lowest BCUT2D eigenvalue weighted by Crippen LogP contribution is -2.44. The second-order valence-corrected chi connectivity index (χ2v) is 6.01. The Hall–Kier alpha value is -2.56. The van der Waals surface area contributed by atoms with Gasteiger partial charge in [-0.2, -0.15) is 0 Å². The van der Waals surface area contributed by atoms with Crippen molar-refractivity contribution in [2.75, 3.05) is 13.1 Å². The van der Waals surface area contributed by atoms with Crippen molar-refractivity contribution in [1.29, 1.82) is 0 Å². The van der Waals surface area contributed by atoms with Gasteiger partial charge in [0.25, 0.3) is 0 Å². The highest BCUT2D eigenvalue weighted by molar-refractivity contribution is 5.81. The van der Waals surface area contributed by atoms with Gasteiger partial charge in [-0.15, -0.1) is 0 Å². The van der Waals surface area contributed by atoms with Gasteiger partial charge in [0.1, 0.15) is 0 Å². The van der Waals surface area contributed by atoms with E-state index in [-0.39, 0.29) is 17.7 Å². The van der Waals surface area contributed by atoms with Gasteiger partial charge in [0, 0.05) is 31.2 Å². The minimum Gasteiger partial charge on any atom is -0.369 e. The second-order valence-electron chi connectivity index (χ2n) is 6.01. The van der Waals surface area contributed by atoms with E-state index in [0.717, 1.165) is 24.1 Å². The third-order valence-electron chi connectivity index (χ3n) is 4.37. The van der Waals surface area contributed by atoms with E-state index in [9.17, 15) is 9.59 Å². The zero-order chi connectivity index (χ0) is 16.2. The first-order valence-electron chi connectivity index (χ1n) is 7.93. The molecule has 1 aromatic carbocycles. The summed E-state index contributed by atoms with van der Waals surface area (Å²) in [5.74, 6) is -0.452. The summed E-state index contributed by atoms with van der Waals surface area (Å²) >= 11 is 0. The van der Waals surface area contributed by atoms with Crippen LogP contribution < -0.4 is 5.73 Å². The van der Waals surface area contributed by atoms with E-state index in [4.69, 9.17) is 5.73 Å². The molecule has 3 rings (SSSR count). The second kappa shape index (κ2) is 6.69. The average molecular weight is 311 g/mol. The van der Waals surface area contributed by atoms with Crippen LogP contribution in [-0.2, 0) is 16.0 Å². The molecule has 5 nitrogen and oxygen atoms in total. The number of hydrogen-bond acceptors (Lipinski definition) is 2. The summed E-state index contributed by atoms with van der Waals surface area (Å²) in [5.41, 5.74) is 7.41. The number of aromatic nitrogens is 1. The number of carbonyl (C=O) groups is 2. The van der Waals surface area contributed by atoms with E-state index >= 15 is 0 Å². The molecule has 1 unspecified atom stereocenters. The molecule has 23 heavy (non-hydrogen) atoms. The summed E-state index contributed by atoms with van der Waals surface area (Å²) in [6.07, 6.45) is 5.95. The van der Waals surface area contributed by atoms with Crippen molar-refractivity contribution in [3.63, 3.8) is 0 Å². The maximum atomic E-state index is 12.4. The number of piperidine rings is 1. The minimum absolute atomic E-state index is 0.0599. The third-order valence-corrected chi connectivity index (χ3v) is 4.37. The molecule has 2 amide bonds. The lowest BCUT2D eigenvalue weighted by Gasteiger charge is -2.31. The minimum atomic E-state index is -0.307. The number of nitrogens with zero attached hydrogens (tertiary/aromatic N) is 2. The number of likely N-dealkylation sites (tertiary alicyclic amines) is 1. The fourth-order valence-electron chi connectivity index (χ4n) is 3.01. The molecule has 0 bridgehead atoms. The van der Waals surface area contributed by atoms with Gasteiger partial charge >= 0.3 is 0 Å². The van der Waals surface area contributed by atoms with E-state index in [0.29, 0.717) is 19.5 Å². The predicted molar refractivity (Wildman–Crippen MR) is 88.0 cm³/mol. The SMILES string of the molecule is NC(=O)C1CCCN(C(=O)Cc2ccc(-n3cccc3)cc2)C1. The molecule has 1 atom stereocenters. The van der Waals surface area contributed by atoms with Crippen LogP contribution in [-0.4, -0.2) is 34.4 Å². The maximum Gasteiger partial charge on any atom is 0.227 e. The average Bonchev–Trinajstić information content (AvgIpc) is 3.10. The fourth-order valence-corrected chi connectivity index (χ4v) is 3.01. The highest BCUT2D eigenvalue weighted by Gasteiger charge is 2.26. The van der Waals surface area contributed by atoms with Gasteiger partial charge in [-0.25, -0.2) is 0 Å². The van der Waals surface area contributed by atoms with Crippen LogP contribution in [0.2, 0.25) is 0 Å². The quantitative estimate of drug-likeness (QED) is 0.934. The molecule has 2 heterocycles. The molecule has 2 N–H and O–H groups in total. The highest BCUT2D eigenvalue weighted by atomic mass is 16.2. The summed E-state index contributed by atoms with van der Waals surface area (Å²) in [6, 6.07) is 11.9. The summed E-state index contributed by atoms with van der Waals surface area (Å²) in [4.78, 5) is 25.5. The fraction of sp³-hybridized carbons (Fsp3) is 0.333. The summed E-state index contributed by atoms with van der Waals surface area (Å²) in [7, 11) is 0. The molecule has 1 fully saturated rings. The number of benzene rings is 1. The van der Waals surface area contributed by atoms with Gasteiger partial charge < -0.3 is 15.2 Å². The number of rotatable bonds is 4. The van der Waals surface area contributed by atoms with E-state index in [2.05, 4.69) is 0 Å². The Morgan fingerprint density at radius 1 is 1.13 bits per heavy atom. The molecule has 1 aromatic heterocycles. The van der Waals surface area contributed by atoms with Crippen LogP contribution in [0.25, 0.3) is 5.69 Å². The van der Waals surface area contributed by atoms with Gasteiger partial charge in [-0.3, -0.25) is 9.59 Å². The van der Waals surface area contributed by atoms with Crippen LogP contribution in [0, 0.1) is 5.92 Å². The lowest BCUT2D eigenvalue weighted by molar-refractivity contribution is -0.134. The van der Waals surface area contributed by atoms with Crippen molar-refractivity contribution in [3.05, 3.63) is 54.4 Å². The van der Waals surface area contributed by atoms with Gasteiger partial charge in [-0.05, 0) is 42.7 Å². The molecule has 1 saturated heterocycles. The Bertz CT molecular complexity index is 677. The molecule has 1 aliphatic heterocycles. The Balaban J connectivity index is 1.62. The number of primary amides is 1. The van der Waals surface area contributed by atoms with Gasteiger partial charge in [0.15, 0.2) is 0 Å². The van der Waals surface area contributed by atoms with E-state index < -0.39 is 0 Å². The van der Waals surface area contributed by atoms with Gasteiger partial charge in [0.05, 0.1) is 12.3 Å². The van der Waals surface area contributed by atoms with Crippen LogP contribution in [0.15, 0.2) is 48.8 Å². The molecular formula is C18H21N3O2. The Morgan fingerprint density at radius 3 is 2.48 bits per heavy atom. The van der Waals surface area contributed by atoms with Crippen LogP contribution in [0.5, 0.6) is 0 Å². The first-order valence-corrected chi connectivity index (χ1v) is 7.93. The topological polar surface area (TPSA) is 68.3 Å². The van der Waals surface area contributed by atoms with Crippen LogP contribution in [0.1, 0.15) is 18.4 Å². The number of amides is 2. The van der Waals surface area contributed by atoms with Crippen LogP contribution >= 0.6 is 0 Å². The molecule has 120 valence electrons. The van der Waals surface area contributed by atoms with Crippen LogP contribution in [0.3, 0.4) is 0 Å². The number of hydrogen-bond donors (Lipinski definition) is 1. The summed E-state index contributed by atoms with van der Waals surface area (Å²) in [6.45, 7) is 1.17. The number of carbonyl (C=O) groups excluding carboxylic acids is 2. The normalized spacial score (nSPS) is 17.9. The molecule has 1 aliphatic rings. The molecule has 5 heteroatoms. The van der Waals surface area contributed by atoms with Crippen molar-refractivity contribution < 1.29 is 9.59 Å². The monoisotopic (exact) mass is 311 g/mol. The Labute approximate surface area is 135 Å². The zero-order valence-electron chi connectivity index (χ0n) is 13.0. The van der Waals surface area contributed by atoms with Gasteiger partial charge in [0.2, 0.25) is 11.8 Å². The smallest absolute Gasteiger partial charge is 0.227 e. The number of nitrogens with two attached hydrogens (primary N) is 1. The summed E-state index contributed by atoms with van der Waals surface area (Å²) in [5, 5.41) is 0. The standard InChI is InChI=1S/C18H21N3O2/c19-18(23)15-4-3-11-21(13-15)17(22)12-14-5-7-16(8-6-14)20-9-1-2-10-20/h1-2,5-10,15H,3-4,11-13H2,(H2,19,23). The molecule has 0 saturated carbocycles. The first-order chi connectivity index (χ1) is 11.1. The van der Waals surface area contributed by atoms with E-state index in [1.54, 1.807) is 4.90 Å². The molecule has 0 aliphatic carbocycles. The van der Waals surface area contributed by atoms with Crippen molar-refractivity contribution in [3.8, 4) is 5.69 Å². The Kier molecular flexibility index (Phi) is 4.46. The highest BCUT2D eigenvalue weighted by Crippen LogP contribution is 2.18. The molecule has 2 aromatic rings. The predicted octanol–water partition coefficient (Wildman–Crippen LogP) is 1.74. The largest absolute Gasteiger partial charge is 0.369 e. The Morgan fingerprint density at radius 2 is 1.83 bits per heavy atom. The van der Waals surface area contributed by atoms with E-state index in [1.165, 1.54) is 0 Å². The maximum absolute atomic E-state index is 12.4. The van der Waals surface area contributed by atoms with Gasteiger partial charge in [-0.1, -0.05) is 12.1 Å². The summed E-state index contributed by atoms with van der Waals surface area (Å²) < 4.78 is 2.02. The van der Waals surface area contributed by atoms with Crippen molar-refractivity contribution in [2.45, 2.75) is 19.3 Å². The molecule has 0 spiro atoms. The van der Waals surface area contributed by atoms with Crippen molar-refractivity contribution in [2.24, 2.45) is 11.7 Å².